The van der Waals surface area contributed by atoms with E-state index in [9.17, 15) is 53.1 Å². The zero-order chi connectivity index (χ0) is 17.5. The van der Waals surface area contributed by atoms with Crippen LogP contribution in [0.5, 0.6) is 0 Å². The van der Waals surface area contributed by atoms with Gasteiger partial charge in [-0.3, -0.25) is 9.53 Å². The molecule has 1 amide bonds. The maximum Gasteiger partial charge on any atom is 0.462 e. The van der Waals surface area contributed by atoms with Gasteiger partial charge in [0.25, 0.3) is 5.91 Å². The van der Waals surface area contributed by atoms with E-state index in [1.807, 2.05) is 4.74 Å². The molecule has 0 bridgehead atoms. The van der Waals surface area contributed by atoms with E-state index in [1.165, 1.54) is 0 Å². The van der Waals surface area contributed by atoms with Crippen LogP contribution in [0, 0.1) is 0 Å². The van der Waals surface area contributed by atoms with Crippen molar-refractivity contribution in [2.75, 3.05) is 7.05 Å². The Morgan fingerprint density at radius 2 is 1.19 bits per heavy atom. The van der Waals surface area contributed by atoms with Gasteiger partial charge in [-0.1, -0.05) is 0 Å². The zero-order valence-electron chi connectivity index (χ0n) is 9.47. The number of hydrogen-bond acceptors (Lipinski definition) is 2. The number of likely N-dealkylation sites (N-methyl/N-ethyl adjacent to an activating group) is 1. The highest BCUT2D eigenvalue weighted by Gasteiger charge is 2.79. The minimum Gasteiger partial charge on any atom is -0.354 e. The Morgan fingerprint density at radius 3 is 1.43 bits per heavy atom. The second-order valence-corrected chi connectivity index (χ2v) is 3.36. The van der Waals surface area contributed by atoms with Crippen LogP contribution in [0.25, 0.3) is 0 Å². The number of amides is 1. The molecule has 0 rings (SSSR count). The van der Waals surface area contributed by atoms with E-state index in [0.29, 0.717) is 0 Å². The standard InChI is InChI=1S/C7H4F11NO2/c1-19-2(20)3(8,5(11,12)13)21-7(17,18)4(9,10)6(14,15)16/h1H3,(H,19,20)/t3-/m1/s1. The Labute approximate surface area is 108 Å². The molecule has 1 N–H and O–H groups in total. The first kappa shape index (κ1) is 19.7. The fourth-order valence-electron chi connectivity index (χ4n) is 0.799. The summed E-state index contributed by atoms with van der Waals surface area (Å²) in [5, 5.41) is 0.806. The molecule has 0 aliphatic rings. The molecule has 0 saturated heterocycles. The smallest absolute Gasteiger partial charge is 0.354 e. The van der Waals surface area contributed by atoms with Crippen LogP contribution in [0.4, 0.5) is 48.3 Å². The molecule has 0 saturated carbocycles. The molecule has 14 heteroatoms. The molecule has 0 radical (unpaired) electrons. The van der Waals surface area contributed by atoms with E-state index in [1.54, 1.807) is 0 Å². The Morgan fingerprint density at radius 1 is 0.810 bits per heavy atom. The lowest BCUT2D eigenvalue weighted by atomic mass is 10.2. The molecular formula is C7H4F11NO2. The molecular weight excluding hydrogens is 339 g/mol. The van der Waals surface area contributed by atoms with Crippen LogP contribution in [0.15, 0.2) is 0 Å². The average Bonchev–Trinajstić information content (AvgIpc) is 2.23. The molecule has 0 aromatic rings. The average molecular weight is 343 g/mol. The van der Waals surface area contributed by atoms with Gasteiger partial charge in [-0.15, -0.1) is 0 Å². The van der Waals surface area contributed by atoms with E-state index in [0.717, 1.165) is 5.32 Å². The molecule has 0 spiro atoms. The SMILES string of the molecule is CNC(=O)[C@@](F)(OC(F)(F)C(F)(F)C(F)(F)F)C(F)(F)F. The van der Waals surface area contributed by atoms with Gasteiger partial charge >= 0.3 is 30.2 Å². The van der Waals surface area contributed by atoms with Crippen molar-refractivity contribution in [2.45, 2.75) is 30.2 Å². The quantitative estimate of drug-likeness (QED) is 0.798. The Bertz CT molecular complexity index is 400. The first-order chi connectivity index (χ1) is 8.94. The van der Waals surface area contributed by atoms with Crippen LogP contribution in [-0.4, -0.2) is 43.2 Å². The Hall–Kier alpha value is -1.34. The van der Waals surface area contributed by atoms with Gasteiger partial charge in [-0.05, 0) is 0 Å². The number of halogens is 11. The second kappa shape index (κ2) is 5.14. The summed E-state index contributed by atoms with van der Waals surface area (Å²) < 4.78 is 136. The minimum absolute atomic E-state index is 0.270. The first-order valence-corrected chi connectivity index (χ1v) is 4.44. The molecule has 0 aromatic heterocycles. The highest BCUT2D eigenvalue weighted by atomic mass is 19.4. The molecule has 0 aliphatic carbocycles. The highest BCUT2D eigenvalue weighted by molar-refractivity contribution is 5.84. The van der Waals surface area contributed by atoms with E-state index >= 15 is 0 Å². The van der Waals surface area contributed by atoms with Crippen molar-refractivity contribution in [3.63, 3.8) is 0 Å². The number of nitrogens with one attached hydrogen (secondary N) is 1. The van der Waals surface area contributed by atoms with Crippen LogP contribution in [0.1, 0.15) is 0 Å². The number of carbonyl (C=O) groups is 1. The van der Waals surface area contributed by atoms with Crippen molar-refractivity contribution < 1.29 is 57.8 Å². The normalized spacial score (nSPS) is 17.3. The molecule has 126 valence electrons. The predicted octanol–water partition coefficient (Wildman–Crippen LogP) is 2.77. The summed E-state index contributed by atoms with van der Waals surface area (Å²) in [5.74, 6) is -16.4. The van der Waals surface area contributed by atoms with Gasteiger partial charge < -0.3 is 5.32 Å². The molecule has 3 nitrogen and oxygen atoms in total. The summed E-state index contributed by atoms with van der Waals surface area (Å²) in [5.41, 5.74) is 0. The molecule has 0 heterocycles. The fraction of sp³-hybridized carbons (Fsp3) is 0.857. The lowest BCUT2D eigenvalue weighted by Crippen LogP contribution is -2.63. The van der Waals surface area contributed by atoms with E-state index < -0.39 is 36.1 Å². The molecule has 21 heavy (non-hydrogen) atoms. The van der Waals surface area contributed by atoms with Gasteiger partial charge in [0.15, 0.2) is 0 Å². The van der Waals surface area contributed by atoms with Gasteiger partial charge in [-0.25, -0.2) is 0 Å². The summed E-state index contributed by atoms with van der Waals surface area (Å²) in [6.07, 6.45) is -20.7. The first-order valence-electron chi connectivity index (χ1n) is 4.44. The highest BCUT2D eigenvalue weighted by Crippen LogP contribution is 2.50. The third-order valence-electron chi connectivity index (χ3n) is 1.87. The molecule has 0 unspecified atom stereocenters. The number of hydrogen-bond donors (Lipinski definition) is 1. The van der Waals surface area contributed by atoms with Crippen molar-refractivity contribution in [2.24, 2.45) is 0 Å². The van der Waals surface area contributed by atoms with Gasteiger partial charge in [0.1, 0.15) is 0 Å². The predicted molar refractivity (Wildman–Crippen MR) is 41.0 cm³/mol. The topological polar surface area (TPSA) is 38.3 Å². The lowest BCUT2D eigenvalue weighted by Gasteiger charge is -2.33. The van der Waals surface area contributed by atoms with Crippen LogP contribution in [-0.2, 0) is 9.53 Å². The Balaban J connectivity index is 5.82. The third kappa shape index (κ3) is 3.29. The van der Waals surface area contributed by atoms with Crippen molar-refractivity contribution in [1.82, 2.24) is 5.32 Å². The van der Waals surface area contributed by atoms with Crippen LogP contribution in [0.2, 0.25) is 0 Å². The second-order valence-electron chi connectivity index (χ2n) is 3.36. The number of carbonyl (C=O) groups excluding carboxylic acids is 1. The van der Waals surface area contributed by atoms with Crippen molar-refractivity contribution in [1.29, 1.82) is 0 Å². The van der Waals surface area contributed by atoms with E-state index in [-0.39, 0.29) is 7.05 Å². The lowest BCUT2D eigenvalue weighted by molar-refractivity contribution is -0.472. The van der Waals surface area contributed by atoms with Gasteiger partial charge in [0, 0.05) is 7.05 Å². The van der Waals surface area contributed by atoms with Gasteiger partial charge in [0.05, 0.1) is 0 Å². The summed E-state index contributed by atoms with van der Waals surface area (Å²) in [6.45, 7) is 0. The molecule has 1 atom stereocenters. The fourth-order valence-corrected chi connectivity index (χ4v) is 0.799. The van der Waals surface area contributed by atoms with Gasteiger partial charge in [-0.2, -0.15) is 48.3 Å². The van der Waals surface area contributed by atoms with Crippen molar-refractivity contribution in [3.8, 4) is 0 Å². The van der Waals surface area contributed by atoms with Gasteiger partial charge in [0.2, 0.25) is 0 Å². The summed E-state index contributed by atoms with van der Waals surface area (Å²) in [7, 11) is 0.270. The summed E-state index contributed by atoms with van der Waals surface area (Å²) in [4.78, 5) is 10.5. The van der Waals surface area contributed by atoms with Crippen molar-refractivity contribution in [3.05, 3.63) is 0 Å². The van der Waals surface area contributed by atoms with Crippen LogP contribution in [0.3, 0.4) is 0 Å². The zero-order valence-corrected chi connectivity index (χ0v) is 9.47. The maximum atomic E-state index is 13.2. The number of rotatable bonds is 4. The monoisotopic (exact) mass is 343 g/mol. The molecule has 0 aliphatic heterocycles. The molecule has 0 aromatic carbocycles. The van der Waals surface area contributed by atoms with Crippen LogP contribution >= 0.6 is 0 Å². The Kier molecular flexibility index (Phi) is 4.81. The van der Waals surface area contributed by atoms with E-state index in [4.69, 9.17) is 0 Å². The minimum atomic E-state index is -7.18. The number of alkyl halides is 11. The van der Waals surface area contributed by atoms with E-state index in [2.05, 4.69) is 0 Å². The number of ether oxygens (including phenoxy) is 1. The van der Waals surface area contributed by atoms with Crippen molar-refractivity contribution >= 4 is 5.91 Å². The summed E-state index contributed by atoms with van der Waals surface area (Å²) >= 11 is 0. The molecule has 0 fully saturated rings. The largest absolute Gasteiger partial charge is 0.462 e. The maximum absolute atomic E-state index is 13.2. The third-order valence-corrected chi connectivity index (χ3v) is 1.87. The summed E-state index contributed by atoms with van der Waals surface area (Å²) in [6, 6.07) is 0. The van der Waals surface area contributed by atoms with Crippen LogP contribution < -0.4 is 5.32 Å².